The average Bonchev–Trinajstić information content (AvgIpc) is 3.18. The fourth-order valence-corrected chi connectivity index (χ4v) is 3.57. The second-order valence-corrected chi connectivity index (χ2v) is 7.07. The number of carbonyl (C=O) groups excluding carboxylic acids is 2. The molecule has 6 heteroatoms. The quantitative estimate of drug-likeness (QED) is 0.862. The van der Waals surface area contributed by atoms with Gasteiger partial charge in [0.2, 0.25) is 5.91 Å². The summed E-state index contributed by atoms with van der Waals surface area (Å²) in [5, 5.41) is 4.68. The molecule has 2 heterocycles. The molecule has 0 atom stereocenters. The molecule has 0 spiro atoms. The molecule has 3 rings (SSSR count). The van der Waals surface area contributed by atoms with Gasteiger partial charge in [-0.25, -0.2) is 0 Å². The third-order valence-electron chi connectivity index (χ3n) is 4.34. The van der Waals surface area contributed by atoms with Crippen LogP contribution in [0.3, 0.4) is 0 Å². The lowest BCUT2D eigenvalue weighted by molar-refractivity contribution is -0.132. The van der Waals surface area contributed by atoms with Gasteiger partial charge in [-0.2, -0.15) is 0 Å². The van der Waals surface area contributed by atoms with Crippen molar-refractivity contribution in [3.05, 3.63) is 58.3 Å². The van der Waals surface area contributed by atoms with Crippen LogP contribution in [0.5, 0.6) is 0 Å². The number of benzene rings is 1. The van der Waals surface area contributed by atoms with E-state index in [1.54, 1.807) is 6.07 Å². The fraction of sp³-hybridized carbons (Fsp3) is 0.368. The predicted molar refractivity (Wildman–Crippen MR) is 99.6 cm³/mol. The van der Waals surface area contributed by atoms with Crippen LogP contribution in [-0.4, -0.2) is 54.3 Å². The van der Waals surface area contributed by atoms with Crippen molar-refractivity contribution in [1.29, 1.82) is 0 Å². The lowest BCUT2D eigenvalue weighted by Gasteiger charge is -2.34. The van der Waals surface area contributed by atoms with Crippen LogP contribution < -0.4 is 5.32 Å². The van der Waals surface area contributed by atoms with Crippen molar-refractivity contribution in [3.8, 4) is 0 Å². The maximum absolute atomic E-state index is 12.3. The Morgan fingerprint density at radius 3 is 2.44 bits per heavy atom. The molecule has 0 unspecified atom stereocenters. The molecule has 1 saturated heterocycles. The Kier molecular flexibility index (Phi) is 6.19. The molecule has 1 aromatic carbocycles. The van der Waals surface area contributed by atoms with Crippen LogP contribution >= 0.6 is 11.3 Å². The molecule has 5 nitrogen and oxygen atoms in total. The fourth-order valence-electron chi connectivity index (χ4n) is 2.93. The first-order valence-electron chi connectivity index (χ1n) is 8.58. The third kappa shape index (κ3) is 5.14. The first-order valence-corrected chi connectivity index (χ1v) is 9.46. The number of nitrogens with one attached hydrogen (secondary N) is 1. The Morgan fingerprint density at radius 1 is 1.00 bits per heavy atom. The lowest BCUT2D eigenvalue weighted by Crippen LogP contribution is -2.48. The van der Waals surface area contributed by atoms with E-state index in [2.05, 4.69) is 34.5 Å². The van der Waals surface area contributed by atoms with E-state index >= 15 is 0 Å². The van der Waals surface area contributed by atoms with Crippen molar-refractivity contribution >= 4 is 23.2 Å². The molecule has 1 N–H and O–H groups in total. The summed E-state index contributed by atoms with van der Waals surface area (Å²) in [5.41, 5.74) is 1.30. The zero-order chi connectivity index (χ0) is 17.5. The molecule has 0 aliphatic carbocycles. The zero-order valence-electron chi connectivity index (χ0n) is 14.2. The van der Waals surface area contributed by atoms with Gasteiger partial charge < -0.3 is 10.2 Å². The number of hydrogen-bond donors (Lipinski definition) is 1. The summed E-state index contributed by atoms with van der Waals surface area (Å²) in [5.74, 6) is 0.0151. The maximum atomic E-state index is 12.3. The van der Waals surface area contributed by atoms with Gasteiger partial charge in [0.15, 0.2) is 0 Å². The van der Waals surface area contributed by atoms with Crippen LogP contribution in [0.15, 0.2) is 47.8 Å². The highest BCUT2D eigenvalue weighted by atomic mass is 32.1. The summed E-state index contributed by atoms with van der Waals surface area (Å²) < 4.78 is 0. The normalized spacial score (nSPS) is 15.1. The highest BCUT2D eigenvalue weighted by Crippen LogP contribution is 2.10. The number of rotatable bonds is 6. The van der Waals surface area contributed by atoms with Crippen LogP contribution in [-0.2, 0) is 11.3 Å². The summed E-state index contributed by atoms with van der Waals surface area (Å²) >= 11 is 1.41. The molecule has 1 fully saturated rings. The molecule has 1 aromatic heterocycles. The molecular formula is C19H23N3O2S. The van der Waals surface area contributed by atoms with Crippen molar-refractivity contribution in [3.63, 3.8) is 0 Å². The number of thiophene rings is 1. The Balaban J connectivity index is 1.36. The van der Waals surface area contributed by atoms with Crippen molar-refractivity contribution in [2.24, 2.45) is 0 Å². The van der Waals surface area contributed by atoms with Crippen molar-refractivity contribution < 1.29 is 9.59 Å². The van der Waals surface area contributed by atoms with E-state index in [0.29, 0.717) is 17.8 Å². The minimum atomic E-state index is -0.101. The number of carbonyl (C=O) groups is 2. The van der Waals surface area contributed by atoms with Gasteiger partial charge in [0.05, 0.1) is 4.88 Å². The summed E-state index contributed by atoms with van der Waals surface area (Å²) in [4.78, 5) is 29.1. The van der Waals surface area contributed by atoms with E-state index < -0.39 is 0 Å². The van der Waals surface area contributed by atoms with Crippen LogP contribution in [0.1, 0.15) is 21.7 Å². The Labute approximate surface area is 152 Å². The summed E-state index contributed by atoms with van der Waals surface area (Å²) in [7, 11) is 0. The maximum Gasteiger partial charge on any atom is 0.261 e. The topological polar surface area (TPSA) is 52.7 Å². The number of hydrogen-bond acceptors (Lipinski definition) is 4. The van der Waals surface area contributed by atoms with Crippen LogP contribution in [0.2, 0.25) is 0 Å². The first-order chi connectivity index (χ1) is 12.2. The second kappa shape index (κ2) is 8.78. The van der Waals surface area contributed by atoms with Crippen molar-refractivity contribution in [2.45, 2.75) is 13.0 Å². The van der Waals surface area contributed by atoms with Gasteiger partial charge in [0.1, 0.15) is 0 Å². The minimum Gasteiger partial charge on any atom is -0.351 e. The minimum absolute atomic E-state index is 0.101. The van der Waals surface area contributed by atoms with Gasteiger partial charge in [0.25, 0.3) is 5.91 Å². The van der Waals surface area contributed by atoms with E-state index in [9.17, 15) is 9.59 Å². The highest BCUT2D eigenvalue weighted by molar-refractivity contribution is 7.12. The van der Waals surface area contributed by atoms with Gasteiger partial charge in [-0.15, -0.1) is 11.3 Å². The van der Waals surface area contributed by atoms with Crippen molar-refractivity contribution in [2.75, 3.05) is 32.7 Å². The molecule has 132 valence electrons. The van der Waals surface area contributed by atoms with Gasteiger partial charge in [0, 0.05) is 45.7 Å². The summed E-state index contributed by atoms with van der Waals surface area (Å²) in [6, 6.07) is 14.0. The molecule has 2 aromatic rings. The molecule has 0 saturated carbocycles. The first kappa shape index (κ1) is 17.6. The predicted octanol–water partition coefficient (Wildman–Crippen LogP) is 2.21. The highest BCUT2D eigenvalue weighted by Gasteiger charge is 2.21. The van der Waals surface area contributed by atoms with E-state index in [1.807, 2.05) is 22.4 Å². The molecule has 0 radical (unpaired) electrons. The standard InChI is InChI=1S/C19H23N3O2S/c23-18(8-9-20-19(24)17-7-4-14-25-17)22-12-10-21(11-13-22)15-16-5-2-1-3-6-16/h1-7,14H,8-13,15H2,(H,20,24). The molecular weight excluding hydrogens is 334 g/mol. The smallest absolute Gasteiger partial charge is 0.261 e. The van der Waals surface area contributed by atoms with Gasteiger partial charge in [-0.3, -0.25) is 14.5 Å². The Hall–Kier alpha value is -2.18. The van der Waals surface area contributed by atoms with Crippen LogP contribution in [0, 0.1) is 0 Å². The largest absolute Gasteiger partial charge is 0.351 e. The van der Waals surface area contributed by atoms with E-state index in [-0.39, 0.29) is 11.8 Å². The van der Waals surface area contributed by atoms with E-state index in [1.165, 1.54) is 16.9 Å². The molecule has 1 aliphatic rings. The molecule has 1 aliphatic heterocycles. The average molecular weight is 357 g/mol. The molecule has 25 heavy (non-hydrogen) atoms. The second-order valence-electron chi connectivity index (χ2n) is 6.13. The number of amides is 2. The van der Waals surface area contributed by atoms with Gasteiger partial charge in [-0.1, -0.05) is 36.4 Å². The lowest BCUT2D eigenvalue weighted by atomic mass is 10.2. The molecule has 2 amide bonds. The van der Waals surface area contributed by atoms with E-state index in [4.69, 9.17) is 0 Å². The monoisotopic (exact) mass is 357 g/mol. The third-order valence-corrected chi connectivity index (χ3v) is 5.21. The SMILES string of the molecule is O=C(NCCC(=O)N1CCN(Cc2ccccc2)CC1)c1cccs1. The van der Waals surface area contributed by atoms with Gasteiger partial charge >= 0.3 is 0 Å². The van der Waals surface area contributed by atoms with Gasteiger partial charge in [-0.05, 0) is 17.0 Å². The Morgan fingerprint density at radius 2 is 1.76 bits per heavy atom. The van der Waals surface area contributed by atoms with E-state index in [0.717, 1.165) is 32.7 Å². The summed E-state index contributed by atoms with van der Waals surface area (Å²) in [6.45, 7) is 4.61. The zero-order valence-corrected chi connectivity index (χ0v) is 15.0. The molecule has 0 bridgehead atoms. The van der Waals surface area contributed by atoms with Crippen molar-refractivity contribution in [1.82, 2.24) is 15.1 Å². The van der Waals surface area contributed by atoms with Crippen LogP contribution in [0.25, 0.3) is 0 Å². The Bertz CT molecular complexity index is 680. The number of nitrogens with zero attached hydrogens (tertiary/aromatic N) is 2. The summed E-state index contributed by atoms with van der Waals surface area (Å²) in [6.07, 6.45) is 0.357. The van der Waals surface area contributed by atoms with Crippen LogP contribution in [0.4, 0.5) is 0 Å². The number of piperazine rings is 1.